The number of amides is 1. The fourth-order valence-electron chi connectivity index (χ4n) is 5.40. The number of nitrogens with one attached hydrogen (secondary N) is 2. The molecule has 6 nitrogen and oxygen atoms in total. The smallest absolute Gasteiger partial charge is 0.274 e. The fourth-order valence-corrected chi connectivity index (χ4v) is 5.40. The molecule has 0 bridgehead atoms. The van der Waals surface area contributed by atoms with Crippen LogP contribution in [0.4, 0.5) is 17.2 Å². The minimum Gasteiger partial charge on any atom is -0.336 e. The molecule has 0 unspecified atom stereocenters. The van der Waals surface area contributed by atoms with E-state index in [1.54, 1.807) is 24.0 Å². The van der Waals surface area contributed by atoms with Gasteiger partial charge in [0, 0.05) is 36.3 Å². The van der Waals surface area contributed by atoms with Gasteiger partial charge in [0.15, 0.2) is 0 Å². The molecule has 4 rings (SSSR count). The first-order chi connectivity index (χ1) is 21.4. The number of nitrogens with zero attached hydrogens (tertiary/aromatic N) is 2. The summed E-state index contributed by atoms with van der Waals surface area (Å²) in [5.41, 5.74) is 6.54. The topological polar surface area (TPSA) is 76.0 Å². The number of hydrogen-bond donors (Lipinski definition) is 2. The molecule has 0 spiro atoms. The molecule has 0 aliphatic heterocycles. The predicted octanol–water partition coefficient (Wildman–Crippen LogP) is 9.97. The molecular formula is C39H52N4O2. The molecule has 0 aliphatic rings. The van der Waals surface area contributed by atoms with Crippen molar-refractivity contribution in [1.82, 2.24) is 9.55 Å². The number of anilines is 3. The van der Waals surface area contributed by atoms with Gasteiger partial charge in [-0.15, -0.1) is 0 Å². The summed E-state index contributed by atoms with van der Waals surface area (Å²) in [6.45, 7) is 17.2. The van der Waals surface area contributed by atoms with Crippen molar-refractivity contribution in [3.63, 3.8) is 0 Å². The fraction of sp³-hybridized carbons (Fsp3) is 0.410. The molecule has 0 saturated carbocycles. The van der Waals surface area contributed by atoms with Crippen LogP contribution in [0, 0.1) is 19.8 Å². The number of rotatable bonds is 10. The summed E-state index contributed by atoms with van der Waals surface area (Å²) in [5, 5.41) is 6.19. The molecule has 2 aromatic heterocycles. The second-order valence-corrected chi connectivity index (χ2v) is 13.0. The number of carbonyl (C=O) groups is 1. The van der Waals surface area contributed by atoms with Gasteiger partial charge >= 0.3 is 0 Å². The van der Waals surface area contributed by atoms with Crippen LogP contribution in [-0.4, -0.2) is 15.5 Å². The second kappa shape index (κ2) is 16.2. The van der Waals surface area contributed by atoms with Gasteiger partial charge in [0.1, 0.15) is 11.5 Å². The van der Waals surface area contributed by atoms with Crippen molar-refractivity contribution >= 4 is 23.1 Å². The van der Waals surface area contributed by atoms with E-state index in [0.29, 0.717) is 17.1 Å². The van der Waals surface area contributed by atoms with Crippen molar-refractivity contribution in [1.29, 1.82) is 0 Å². The van der Waals surface area contributed by atoms with Gasteiger partial charge in [0.05, 0.1) is 0 Å². The average molecular weight is 609 g/mol. The molecule has 0 atom stereocenters. The SMILES string of the molecule is CCCC(CC)CCC.Cc1ccc(Nc2cc(-c3cccc(NC(=O)c4ccc(C(C)(C)C)cc4)c3C)cn(C)c2=O)nc1. The Morgan fingerprint density at radius 2 is 1.58 bits per heavy atom. The van der Waals surface area contributed by atoms with Gasteiger partial charge in [-0.2, -0.15) is 0 Å². The van der Waals surface area contributed by atoms with Crippen LogP contribution in [-0.2, 0) is 12.5 Å². The molecule has 6 heteroatoms. The van der Waals surface area contributed by atoms with Crippen LogP contribution < -0.4 is 16.2 Å². The van der Waals surface area contributed by atoms with Crippen LogP contribution in [0.15, 0.2) is 77.9 Å². The van der Waals surface area contributed by atoms with E-state index in [-0.39, 0.29) is 16.9 Å². The van der Waals surface area contributed by atoms with Gasteiger partial charge in [-0.1, -0.05) is 104 Å². The Hall–Kier alpha value is -4.19. The van der Waals surface area contributed by atoms with Crippen LogP contribution >= 0.6 is 0 Å². The van der Waals surface area contributed by atoms with E-state index in [0.717, 1.165) is 33.9 Å². The number of carbonyl (C=O) groups excluding carboxylic acids is 1. The van der Waals surface area contributed by atoms with Crippen molar-refractivity contribution in [3.05, 3.63) is 106 Å². The third-order valence-corrected chi connectivity index (χ3v) is 8.23. The van der Waals surface area contributed by atoms with Crippen molar-refractivity contribution in [2.75, 3.05) is 10.6 Å². The highest BCUT2D eigenvalue weighted by Crippen LogP contribution is 2.30. The number of aromatic nitrogens is 2. The Morgan fingerprint density at radius 3 is 2.13 bits per heavy atom. The molecular weight excluding hydrogens is 556 g/mol. The molecule has 240 valence electrons. The van der Waals surface area contributed by atoms with Gasteiger partial charge in [0.2, 0.25) is 0 Å². The van der Waals surface area contributed by atoms with Gasteiger partial charge in [0.25, 0.3) is 11.5 Å². The highest BCUT2D eigenvalue weighted by Gasteiger charge is 2.16. The largest absolute Gasteiger partial charge is 0.336 e. The zero-order valence-corrected chi connectivity index (χ0v) is 28.8. The Balaban J connectivity index is 0.000000535. The summed E-state index contributed by atoms with van der Waals surface area (Å²) in [7, 11) is 1.72. The maximum absolute atomic E-state index is 13.0. The lowest BCUT2D eigenvalue weighted by Crippen LogP contribution is -2.20. The minimum absolute atomic E-state index is 0.0267. The third kappa shape index (κ3) is 9.90. The lowest BCUT2D eigenvalue weighted by atomic mass is 9.86. The minimum atomic E-state index is -0.163. The maximum atomic E-state index is 13.0. The molecule has 0 saturated heterocycles. The monoisotopic (exact) mass is 608 g/mol. The summed E-state index contributed by atoms with van der Waals surface area (Å²) >= 11 is 0. The van der Waals surface area contributed by atoms with E-state index in [1.807, 2.05) is 74.5 Å². The highest BCUT2D eigenvalue weighted by atomic mass is 16.1. The normalized spacial score (nSPS) is 11.2. The lowest BCUT2D eigenvalue weighted by Gasteiger charge is -2.19. The first-order valence-corrected chi connectivity index (χ1v) is 16.3. The Bertz CT molecular complexity index is 1590. The average Bonchev–Trinajstić information content (AvgIpc) is 3.01. The predicted molar refractivity (Wildman–Crippen MR) is 191 cm³/mol. The molecule has 4 aromatic rings. The van der Waals surface area contributed by atoms with E-state index < -0.39 is 0 Å². The number of aryl methyl sites for hydroxylation is 2. The zero-order chi connectivity index (χ0) is 33.1. The highest BCUT2D eigenvalue weighted by molar-refractivity contribution is 6.05. The molecule has 0 fully saturated rings. The summed E-state index contributed by atoms with van der Waals surface area (Å²) in [6.07, 6.45) is 10.5. The van der Waals surface area contributed by atoms with Gasteiger partial charge in [-0.05, 0) is 77.8 Å². The van der Waals surface area contributed by atoms with Crippen LogP contribution in [0.5, 0.6) is 0 Å². The first kappa shape index (κ1) is 35.3. The number of hydrogen-bond acceptors (Lipinski definition) is 4. The number of benzene rings is 2. The molecule has 45 heavy (non-hydrogen) atoms. The van der Waals surface area contributed by atoms with Crippen molar-refractivity contribution in [3.8, 4) is 11.1 Å². The van der Waals surface area contributed by atoms with Crippen LogP contribution in [0.3, 0.4) is 0 Å². The zero-order valence-electron chi connectivity index (χ0n) is 28.8. The van der Waals surface area contributed by atoms with E-state index in [4.69, 9.17) is 0 Å². The molecule has 0 radical (unpaired) electrons. The van der Waals surface area contributed by atoms with Crippen LogP contribution in [0.1, 0.15) is 101 Å². The standard InChI is InChI=1S/C30H32N4O2.C9H20/c1-19-10-15-27(31-17-19)32-26-16-22(18-34(6)29(26)36)24-8-7-9-25(20(24)2)33-28(35)21-11-13-23(14-12-21)30(3,4)5;1-4-7-9(6-3)8-5-2/h7-18H,1-6H3,(H,31,32)(H,33,35);9H,4-8H2,1-3H3. The summed E-state index contributed by atoms with van der Waals surface area (Å²) < 4.78 is 1.55. The summed E-state index contributed by atoms with van der Waals surface area (Å²) in [5.74, 6) is 1.45. The lowest BCUT2D eigenvalue weighted by molar-refractivity contribution is 0.102. The molecule has 2 heterocycles. The van der Waals surface area contributed by atoms with E-state index >= 15 is 0 Å². The Kier molecular flexibility index (Phi) is 12.7. The van der Waals surface area contributed by atoms with Crippen molar-refractivity contribution < 1.29 is 4.79 Å². The molecule has 0 aliphatic carbocycles. The third-order valence-electron chi connectivity index (χ3n) is 8.23. The van der Waals surface area contributed by atoms with Crippen LogP contribution in [0.2, 0.25) is 0 Å². The Labute approximate surface area is 270 Å². The van der Waals surface area contributed by atoms with E-state index in [1.165, 1.54) is 37.7 Å². The quantitative estimate of drug-likeness (QED) is 0.188. The Morgan fingerprint density at radius 1 is 0.911 bits per heavy atom. The number of pyridine rings is 2. The summed E-state index contributed by atoms with van der Waals surface area (Å²) in [6, 6.07) is 19.1. The molecule has 2 N–H and O–H groups in total. The van der Waals surface area contributed by atoms with E-state index in [2.05, 4.69) is 57.2 Å². The van der Waals surface area contributed by atoms with Gasteiger partial charge in [-0.25, -0.2) is 4.98 Å². The van der Waals surface area contributed by atoms with Gasteiger partial charge in [-0.3, -0.25) is 9.59 Å². The molecule has 1 amide bonds. The first-order valence-electron chi connectivity index (χ1n) is 16.3. The van der Waals surface area contributed by atoms with E-state index in [9.17, 15) is 9.59 Å². The van der Waals surface area contributed by atoms with Crippen LogP contribution in [0.25, 0.3) is 11.1 Å². The van der Waals surface area contributed by atoms with Gasteiger partial charge < -0.3 is 15.2 Å². The second-order valence-electron chi connectivity index (χ2n) is 13.0. The van der Waals surface area contributed by atoms with Crippen molar-refractivity contribution in [2.24, 2.45) is 13.0 Å². The molecule has 2 aromatic carbocycles. The van der Waals surface area contributed by atoms with Crippen molar-refractivity contribution in [2.45, 2.75) is 92.9 Å². The summed E-state index contributed by atoms with van der Waals surface area (Å²) in [4.78, 5) is 30.1. The maximum Gasteiger partial charge on any atom is 0.274 e.